The Morgan fingerprint density at radius 1 is 1.43 bits per heavy atom. The molecule has 0 aliphatic heterocycles. The smallest absolute Gasteiger partial charge is 0.282 e. The third-order valence-corrected chi connectivity index (χ3v) is 2.13. The van der Waals surface area contributed by atoms with E-state index in [9.17, 15) is 22.0 Å². The first-order valence-electron chi connectivity index (χ1n) is 4.02. The first-order valence-corrected chi connectivity index (χ1v) is 4.02. The molecule has 0 saturated heterocycles. The van der Waals surface area contributed by atoms with Gasteiger partial charge in [-0.25, -0.2) is 8.78 Å². The summed E-state index contributed by atoms with van der Waals surface area (Å²) in [6, 6.07) is 0. The van der Waals surface area contributed by atoms with Crippen molar-refractivity contribution in [3.8, 4) is 0 Å². The molecule has 0 aromatic carbocycles. The van der Waals surface area contributed by atoms with Gasteiger partial charge in [0.25, 0.3) is 5.92 Å². The molecule has 0 aromatic heterocycles. The zero-order valence-electron chi connectivity index (χ0n) is 7.15. The fourth-order valence-electron chi connectivity index (χ4n) is 1.45. The molecular formula is C8H9F5O. The van der Waals surface area contributed by atoms with Gasteiger partial charge in [-0.2, -0.15) is 0 Å². The van der Waals surface area contributed by atoms with E-state index in [1.54, 1.807) is 0 Å². The Morgan fingerprint density at radius 3 is 2.43 bits per heavy atom. The summed E-state index contributed by atoms with van der Waals surface area (Å²) in [6.07, 6.45) is -6.71. The molecule has 2 radical (unpaired) electrons. The first kappa shape index (κ1) is 11.7. The van der Waals surface area contributed by atoms with E-state index in [0.717, 1.165) is 0 Å². The fourth-order valence-corrected chi connectivity index (χ4v) is 1.45. The van der Waals surface area contributed by atoms with Crippen LogP contribution >= 0.6 is 0 Å². The molecule has 82 valence electrons. The number of ether oxygens (including phenoxy) is 1. The molecule has 6 heteroatoms. The van der Waals surface area contributed by atoms with Crippen molar-refractivity contribution in [2.75, 3.05) is 0 Å². The van der Waals surface area contributed by atoms with Crippen molar-refractivity contribution in [2.45, 2.75) is 31.2 Å². The standard InChI is InChI=1S/C8H9F5O/c1-2-5-3-4-7(9,10)6(5)14-8(11,12)13/h4-6H,1-3H2. The largest absolute Gasteiger partial charge is 0.522 e. The molecule has 1 rings (SSSR count). The first-order chi connectivity index (χ1) is 6.26. The van der Waals surface area contributed by atoms with Gasteiger partial charge in [-0.1, -0.05) is 6.92 Å². The fraction of sp³-hybridized carbons (Fsp3) is 0.750. The monoisotopic (exact) mass is 216 g/mol. The molecule has 1 aliphatic carbocycles. The van der Waals surface area contributed by atoms with Crippen LogP contribution in [-0.2, 0) is 4.74 Å². The molecule has 1 nitrogen and oxygen atoms in total. The van der Waals surface area contributed by atoms with Crippen molar-refractivity contribution in [1.82, 2.24) is 0 Å². The lowest BCUT2D eigenvalue weighted by Gasteiger charge is -2.24. The highest BCUT2D eigenvalue weighted by molar-refractivity contribution is 5.04. The normalized spacial score (nSPS) is 32.1. The van der Waals surface area contributed by atoms with Crippen LogP contribution in [0.15, 0.2) is 0 Å². The van der Waals surface area contributed by atoms with Gasteiger partial charge in [-0.3, -0.25) is 4.74 Å². The van der Waals surface area contributed by atoms with E-state index in [-0.39, 0.29) is 12.8 Å². The van der Waals surface area contributed by atoms with Gasteiger partial charge in [0.1, 0.15) is 6.10 Å². The van der Waals surface area contributed by atoms with Gasteiger partial charge in [0.2, 0.25) is 0 Å². The van der Waals surface area contributed by atoms with E-state index in [1.165, 1.54) is 0 Å². The topological polar surface area (TPSA) is 9.23 Å². The number of hydrogen-bond donors (Lipinski definition) is 0. The van der Waals surface area contributed by atoms with Crippen molar-refractivity contribution in [2.24, 2.45) is 5.92 Å². The lowest BCUT2D eigenvalue weighted by molar-refractivity contribution is -0.364. The van der Waals surface area contributed by atoms with Crippen LogP contribution in [-0.4, -0.2) is 18.4 Å². The van der Waals surface area contributed by atoms with E-state index in [2.05, 4.69) is 11.7 Å². The van der Waals surface area contributed by atoms with Gasteiger partial charge in [0.05, 0.1) is 0 Å². The van der Waals surface area contributed by atoms with Crippen molar-refractivity contribution in [3.05, 3.63) is 13.3 Å². The van der Waals surface area contributed by atoms with E-state index in [4.69, 9.17) is 0 Å². The summed E-state index contributed by atoms with van der Waals surface area (Å²) in [6.45, 7) is 3.31. The quantitative estimate of drug-likeness (QED) is 0.645. The van der Waals surface area contributed by atoms with Crippen LogP contribution in [0.1, 0.15) is 12.8 Å². The highest BCUT2D eigenvalue weighted by atomic mass is 19.4. The number of rotatable bonds is 2. The Morgan fingerprint density at radius 2 is 2.00 bits per heavy atom. The Labute approximate surface area is 78.2 Å². The molecule has 1 fully saturated rings. The highest BCUT2D eigenvalue weighted by Crippen LogP contribution is 2.44. The van der Waals surface area contributed by atoms with Crippen LogP contribution in [0.4, 0.5) is 22.0 Å². The summed E-state index contributed by atoms with van der Waals surface area (Å²) in [5, 5.41) is 0. The molecule has 2 unspecified atom stereocenters. The molecule has 0 amide bonds. The minimum atomic E-state index is -5.03. The second-order valence-corrected chi connectivity index (χ2v) is 3.15. The number of halogens is 5. The number of alkyl halides is 5. The van der Waals surface area contributed by atoms with Crippen LogP contribution < -0.4 is 0 Å². The minimum Gasteiger partial charge on any atom is -0.282 e. The van der Waals surface area contributed by atoms with Crippen LogP contribution in [0.5, 0.6) is 0 Å². The van der Waals surface area contributed by atoms with Crippen LogP contribution in [0.25, 0.3) is 0 Å². The Balaban J connectivity index is 2.70. The lowest BCUT2D eigenvalue weighted by atomic mass is 10.0. The molecule has 0 N–H and O–H groups in total. The molecule has 2 atom stereocenters. The maximum Gasteiger partial charge on any atom is 0.522 e. The van der Waals surface area contributed by atoms with Gasteiger partial charge in [-0.05, 0) is 18.8 Å². The molecule has 1 saturated carbocycles. The summed E-state index contributed by atoms with van der Waals surface area (Å²) >= 11 is 0. The summed E-state index contributed by atoms with van der Waals surface area (Å²) in [7, 11) is 0. The van der Waals surface area contributed by atoms with E-state index in [1.807, 2.05) is 0 Å². The molecule has 1 aliphatic rings. The average Bonchev–Trinajstić information content (AvgIpc) is 2.25. The maximum atomic E-state index is 12.9. The van der Waals surface area contributed by atoms with Gasteiger partial charge >= 0.3 is 6.36 Å². The molecule has 0 aromatic rings. The van der Waals surface area contributed by atoms with Gasteiger partial charge in [0, 0.05) is 6.42 Å². The van der Waals surface area contributed by atoms with Gasteiger partial charge in [-0.15, -0.1) is 13.2 Å². The molecular weight excluding hydrogens is 207 g/mol. The number of hydrogen-bond acceptors (Lipinski definition) is 1. The lowest BCUT2D eigenvalue weighted by Crippen LogP contribution is -2.38. The Bertz CT molecular complexity index is 200. The van der Waals surface area contributed by atoms with Crippen molar-refractivity contribution >= 4 is 0 Å². The molecule has 0 bridgehead atoms. The molecule has 0 spiro atoms. The van der Waals surface area contributed by atoms with E-state index in [0.29, 0.717) is 6.42 Å². The average molecular weight is 216 g/mol. The van der Waals surface area contributed by atoms with E-state index >= 15 is 0 Å². The summed E-state index contributed by atoms with van der Waals surface area (Å²) in [5.74, 6) is -4.38. The van der Waals surface area contributed by atoms with Crippen LogP contribution in [0, 0.1) is 19.3 Å². The van der Waals surface area contributed by atoms with Crippen molar-refractivity contribution in [3.63, 3.8) is 0 Å². The summed E-state index contributed by atoms with van der Waals surface area (Å²) in [5.41, 5.74) is 0. The highest BCUT2D eigenvalue weighted by Gasteiger charge is 2.54. The summed E-state index contributed by atoms with van der Waals surface area (Å²) < 4.78 is 64.4. The summed E-state index contributed by atoms with van der Waals surface area (Å²) in [4.78, 5) is 0. The van der Waals surface area contributed by atoms with Crippen LogP contribution in [0.2, 0.25) is 0 Å². The molecule has 14 heavy (non-hydrogen) atoms. The maximum absolute atomic E-state index is 12.9. The third-order valence-electron chi connectivity index (χ3n) is 2.13. The van der Waals surface area contributed by atoms with Crippen molar-refractivity contribution < 1.29 is 26.7 Å². The van der Waals surface area contributed by atoms with Gasteiger partial charge in [0.15, 0.2) is 0 Å². The Hall–Kier alpha value is -0.390. The molecule has 0 heterocycles. The van der Waals surface area contributed by atoms with Gasteiger partial charge < -0.3 is 0 Å². The van der Waals surface area contributed by atoms with E-state index < -0.39 is 24.3 Å². The zero-order chi connectivity index (χ0) is 11.0. The second kappa shape index (κ2) is 3.64. The minimum absolute atomic E-state index is 0.00711. The zero-order valence-corrected chi connectivity index (χ0v) is 7.15. The van der Waals surface area contributed by atoms with Crippen LogP contribution in [0.3, 0.4) is 0 Å². The Kier molecular flexibility index (Phi) is 3.04. The predicted molar refractivity (Wildman–Crippen MR) is 38.3 cm³/mol. The predicted octanol–water partition coefficient (Wildman–Crippen LogP) is 2.98. The second-order valence-electron chi connectivity index (χ2n) is 3.15. The van der Waals surface area contributed by atoms with Crippen molar-refractivity contribution in [1.29, 1.82) is 0 Å². The SMILES string of the molecule is [CH2]CC1C[CH]C(F)(F)C1OC(F)(F)F. The third kappa shape index (κ3) is 2.56.